The Morgan fingerprint density at radius 3 is 2.75 bits per heavy atom. The predicted molar refractivity (Wildman–Crippen MR) is 84.1 cm³/mol. The molecule has 20 heavy (non-hydrogen) atoms. The van der Waals surface area contributed by atoms with Gasteiger partial charge in [0, 0.05) is 17.6 Å². The maximum atomic E-state index is 4.60. The van der Waals surface area contributed by atoms with Crippen molar-refractivity contribution in [3.63, 3.8) is 0 Å². The molecule has 1 aliphatic heterocycles. The molecule has 0 aromatic carbocycles. The fourth-order valence-corrected chi connectivity index (χ4v) is 3.67. The highest BCUT2D eigenvalue weighted by Crippen LogP contribution is 2.26. The van der Waals surface area contributed by atoms with E-state index in [9.17, 15) is 0 Å². The van der Waals surface area contributed by atoms with Gasteiger partial charge >= 0.3 is 0 Å². The van der Waals surface area contributed by atoms with Gasteiger partial charge in [-0.3, -0.25) is 4.98 Å². The van der Waals surface area contributed by atoms with Crippen molar-refractivity contribution in [1.82, 2.24) is 14.9 Å². The number of likely N-dealkylation sites (tertiary alicyclic amines) is 1. The molecular weight excluding hydrogens is 266 g/mol. The van der Waals surface area contributed by atoms with Crippen LogP contribution in [0.4, 0.5) is 0 Å². The van der Waals surface area contributed by atoms with E-state index in [0.717, 1.165) is 28.7 Å². The molecule has 0 amide bonds. The SMILES string of the molecule is Cc1nc(-c2ccc(C[C@H]3CCN(C)C3)cn2)sc1C. The molecule has 1 aliphatic rings. The van der Waals surface area contributed by atoms with Crippen molar-refractivity contribution in [1.29, 1.82) is 0 Å². The zero-order valence-electron chi connectivity index (χ0n) is 12.4. The highest BCUT2D eigenvalue weighted by Gasteiger charge is 2.19. The van der Waals surface area contributed by atoms with Gasteiger partial charge in [0.1, 0.15) is 5.01 Å². The average molecular weight is 287 g/mol. The standard InChI is InChI=1S/C16H21N3S/c1-11-12(2)20-16(18-11)15-5-4-13(9-17-15)8-14-6-7-19(3)10-14/h4-5,9,14H,6-8,10H2,1-3H3/t14-/m1/s1. The fourth-order valence-electron chi connectivity index (χ4n) is 2.78. The molecule has 0 spiro atoms. The fraction of sp³-hybridized carbons (Fsp3) is 0.500. The average Bonchev–Trinajstić information content (AvgIpc) is 2.98. The minimum atomic E-state index is 0.789. The topological polar surface area (TPSA) is 29.0 Å². The van der Waals surface area contributed by atoms with Gasteiger partial charge in [0.2, 0.25) is 0 Å². The van der Waals surface area contributed by atoms with Crippen LogP contribution in [0.3, 0.4) is 0 Å². The van der Waals surface area contributed by atoms with Crippen molar-refractivity contribution >= 4 is 11.3 Å². The Kier molecular flexibility index (Phi) is 3.85. The normalized spacial score (nSPS) is 19.6. The Hall–Kier alpha value is -1.26. The molecule has 0 unspecified atom stereocenters. The summed E-state index contributed by atoms with van der Waals surface area (Å²) in [5.41, 5.74) is 3.46. The van der Waals surface area contributed by atoms with Crippen molar-refractivity contribution < 1.29 is 0 Å². The number of nitrogens with zero attached hydrogens (tertiary/aromatic N) is 3. The molecule has 3 heterocycles. The van der Waals surface area contributed by atoms with E-state index in [4.69, 9.17) is 0 Å². The molecule has 3 nitrogen and oxygen atoms in total. The van der Waals surface area contributed by atoms with Crippen LogP contribution >= 0.6 is 11.3 Å². The Morgan fingerprint density at radius 2 is 2.20 bits per heavy atom. The van der Waals surface area contributed by atoms with Gasteiger partial charge in [-0.1, -0.05) is 6.07 Å². The van der Waals surface area contributed by atoms with Crippen molar-refractivity contribution in [2.75, 3.05) is 20.1 Å². The predicted octanol–water partition coefficient (Wildman–Crippen LogP) is 3.32. The lowest BCUT2D eigenvalue weighted by atomic mass is 10.00. The van der Waals surface area contributed by atoms with E-state index in [0.29, 0.717) is 0 Å². The summed E-state index contributed by atoms with van der Waals surface area (Å²) in [4.78, 5) is 12.9. The molecular formula is C16H21N3S. The van der Waals surface area contributed by atoms with Crippen LogP contribution in [0.25, 0.3) is 10.7 Å². The summed E-state index contributed by atoms with van der Waals surface area (Å²) in [6.07, 6.45) is 4.48. The van der Waals surface area contributed by atoms with E-state index < -0.39 is 0 Å². The van der Waals surface area contributed by atoms with Gasteiger partial charge in [0.25, 0.3) is 0 Å². The maximum Gasteiger partial charge on any atom is 0.142 e. The van der Waals surface area contributed by atoms with Crippen LogP contribution in [0.15, 0.2) is 18.3 Å². The van der Waals surface area contributed by atoms with Crippen LogP contribution in [0.1, 0.15) is 22.6 Å². The summed E-state index contributed by atoms with van der Waals surface area (Å²) >= 11 is 1.73. The molecule has 106 valence electrons. The van der Waals surface area contributed by atoms with Crippen molar-refractivity contribution in [3.8, 4) is 10.7 Å². The Morgan fingerprint density at radius 1 is 1.35 bits per heavy atom. The summed E-state index contributed by atoms with van der Waals surface area (Å²) in [6, 6.07) is 4.33. The molecule has 2 aromatic rings. The van der Waals surface area contributed by atoms with E-state index in [-0.39, 0.29) is 0 Å². The third kappa shape index (κ3) is 2.91. The Balaban J connectivity index is 1.71. The molecule has 4 heteroatoms. The number of aryl methyl sites for hydroxylation is 2. The van der Waals surface area contributed by atoms with Crippen LogP contribution in [0.5, 0.6) is 0 Å². The monoisotopic (exact) mass is 287 g/mol. The van der Waals surface area contributed by atoms with Crippen LogP contribution < -0.4 is 0 Å². The first-order chi connectivity index (χ1) is 9.61. The van der Waals surface area contributed by atoms with E-state index in [1.54, 1.807) is 11.3 Å². The summed E-state index contributed by atoms with van der Waals surface area (Å²) in [5.74, 6) is 0.789. The van der Waals surface area contributed by atoms with Crippen LogP contribution in [-0.2, 0) is 6.42 Å². The minimum absolute atomic E-state index is 0.789. The lowest BCUT2D eigenvalue weighted by Crippen LogP contribution is -2.15. The number of hydrogen-bond acceptors (Lipinski definition) is 4. The van der Waals surface area contributed by atoms with Crippen LogP contribution in [0.2, 0.25) is 0 Å². The third-order valence-electron chi connectivity index (χ3n) is 4.09. The Labute approximate surface area is 124 Å². The molecule has 0 saturated carbocycles. The molecule has 0 radical (unpaired) electrons. The van der Waals surface area contributed by atoms with E-state index in [1.165, 1.54) is 30.0 Å². The highest BCUT2D eigenvalue weighted by molar-refractivity contribution is 7.15. The molecule has 1 saturated heterocycles. The van der Waals surface area contributed by atoms with Crippen LogP contribution in [-0.4, -0.2) is 35.0 Å². The number of hydrogen-bond donors (Lipinski definition) is 0. The van der Waals surface area contributed by atoms with Crippen molar-refractivity contribution in [3.05, 3.63) is 34.5 Å². The molecule has 0 aliphatic carbocycles. The van der Waals surface area contributed by atoms with Gasteiger partial charge in [-0.2, -0.15) is 0 Å². The van der Waals surface area contributed by atoms with E-state index >= 15 is 0 Å². The first-order valence-electron chi connectivity index (χ1n) is 7.19. The molecule has 1 atom stereocenters. The molecule has 0 bridgehead atoms. The number of thiazole rings is 1. The first-order valence-corrected chi connectivity index (χ1v) is 8.01. The van der Waals surface area contributed by atoms with E-state index in [2.05, 4.69) is 47.9 Å². The van der Waals surface area contributed by atoms with Crippen molar-refractivity contribution in [2.24, 2.45) is 5.92 Å². The second kappa shape index (κ2) is 5.62. The summed E-state index contributed by atoms with van der Waals surface area (Å²) in [6.45, 7) is 6.61. The summed E-state index contributed by atoms with van der Waals surface area (Å²) < 4.78 is 0. The van der Waals surface area contributed by atoms with Crippen molar-refractivity contribution in [2.45, 2.75) is 26.7 Å². The van der Waals surface area contributed by atoms with Crippen LogP contribution in [0, 0.1) is 19.8 Å². The molecule has 0 N–H and O–H groups in total. The molecule has 3 rings (SSSR count). The molecule has 1 fully saturated rings. The zero-order valence-corrected chi connectivity index (χ0v) is 13.2. The zero-order chi connectivity index (χ0) is 14.1. The second-order valence-electron chi connectivity index (χ2n) is 5.83. The van der Waals surface area contributed by atoms with Gasteiger partial charge in [-0.25, -0.2) is 4.98 Å². The van der Waals surface area contributed by atoms with Gasteiger partial charge in [-0.05, 0) is 57.8 Å². The largest absolute Gasteiger partial charge is 0.306 e. The second-order valence-corrected chi connectivity index (χ2v) is 7.04. The quantitative estimate of drug-likeness (QED) is 0.867. The number of rotatable bonds is 3. The summed E-state index contributed by atoms with van der Waals surface area (Å²) in [5, 5.41) is 1.03. The molecule has 2 aromatic heterocycles. The number of aromatic nitrogens is 2. The third-order valence-corrected chi connectivity index (χ3v) is 5.18. The minimum Gasteiger partial charge on any atom is -0.306 e. The Bertz CT molecular complexity index is 569. The van der Waals surface area contributed by atoms with E-state index in [1.807, 2.05) is 6.20 Å². The highest BCUT2D eigenvalue weighted by atomic mass is 32.1. The number of pyridine rings is 1. The smallest absolute Gasteiger partial charge is 0.142 e. The van der Waals surface area contributed by atoms with Gasteiger partial charge in [0.05, 0.1) is 11.4 Å². The maximum absolute atomic E-state index is 4.60. The lowest BCUT2D eigenvalue weighted by molar-refractivity contribution is 0.394. The first kappa shape index (κ1) is 13.7. The lowest BCUT2D eigenvalue weighted by Gasteiger charge is -2.10. The van der Waals surface area contributed by atoms with Gasteiger partial charge < -0.3 is 4.90 Å². The van der Waals surface area contributed by atoms with Gasteiger partial charge in [-0.15, -0.1) is 11.3 Å². The van der Waals surface area contributed by atoms with Gasteiger partial charge in [0.15, 0.2) is 0 Å². The summed E-state index contributed by atoms with van der Waals surface area (Å²) in [7, 11) is 2.20.